The molecule has 0 rings (SSSR count). The van der Waals surface area contributed by atoms with E-state index >= 15 is 0 Å². The largest absolute Gasteiger partial charge is 0.481 e. The van der Waals surface area contributed by atoms with Crippen molar-refractivity contribution in [1.82, 2.24) is 0 Å². The lowest BCUT2D eigenvalue weighted by Gasteiger charge is -2.40. The lowest BCUT2D eigenvalue weighted by Crippen LogP contribution is -2.66. The molecule has 2 atom stereocenters. The normalized spacial score (nSPS) is 15.5. The average Bonchev–Trinajstić information content (AvgIpc) is 2.61. The Labute approximate surface area is 166 Å². The molecule has 0 aromatic carbocycles. The van der Waals surface area contributed by atoms with E-state index in [-0.39, 0.29) is 13.0 Å². The lowest BCUT2D eigenvalue weighted by molar-refractivity contribution is -0.223. The Morgan fingerprint density at radius 3 is 1.57 bits per heavy atom. The standard InChI is InChI=1S/C20H36O8/c1-3-5-6-7-8-9-10-11-12-13-14-20(18(25)26,28-4-2)19(27,17(23)24)15-16(21)22/h27H,3-15H2,1-2H3,(H,21,22)(H,23,24)(H,25,26). The van der Waals surface area contributed by atoms with Crippen LogP contribution < -0.4 is 0 Å². The van der Waals surface area contributed by atoms with Gasteiger partial charge < -0.3 is 25.2 Å². The highest BCUT2D eigenvalue weighted by Gasteiger charge is 2.63. The monoisotopic (exact) mass is 404 g/mol. The van der Waals surface area contributed by atoms with Gasteiger partial charge in [0.1, 0.15) is 0 Å². The Bertz CT molecular complexity index is 493. The molecule has 0 radical (unpaired) electrons. The highest BCUT2D eigenvalue weighted by molar-refractivity contribution is 5.94. The van der Waals surface area contributed by atoms with Gasteiger partial charge >= 0.3 is 17.9 Å². The molecule has 0 aliphatic rings. The Morgan fingerprint density at radius 2 is 1.21 bits per heavy atom. The van der Waals surface area contributed by atoms with Crippen molar-refractivity contribution in [1.29, 1.82) is 0 Å². The zero-order valence-electron chi connectivity index (χ0n) is 17.1. The molecule has 0 saturated heterocycles. The van der Waals surface area contributed by atoms with Crippen molar-refractivity contribution < 1.29 is 39.5 Å². The molecule has 28 heavy (non-hydrogen) atoms. The zero-order valence-corrected chi connectivity index (χ0v) is 17.1. The summed E-state index contributed by atoms with van der Waals surface area (Å²) in [4.78, 5) is 34.6. The maximum absolute atomic E-state index is 11.9. The number of carboxylic acid groups (broad SMARTS) is 3. The van der Waals surface area contributed by atoms with E-state index in [4.69, 9.17) is 9.84 Å². The van der Waals surface area contributed by atoms with Gasteiger partial charge in [0.25, 0.3) is 0 Å². The second-order valence-electron chi connectivity index (χ2n) is 7.23. The van der Waals surface area contributed by atoms with Gasteiger partial charge in [0, 0.05) is 6.61 Å². The lowest BCUT2D eigenvalue weighted by atomic mass is 9.76. The van der Waals surface area contributed by atoms with E-state index in [0.29, 0.717) is 12.8 Å². The molecule has 0 spiro atoms. The summed E-state index contributed by atoms with van der Waals surface area (Å²) in [6.07, 6.45) is 8.45. The van der Waals surface area contributed by atoms with Gasteiger partial charge in [-0.25, -0.2) is 9.59 Å². The molecule has 0 aliphatic carbocycles. The van der Waals surface area contributed by atoms with Crippen LogP contribution in [0.25, 0.3) is 0 Å². The molecule has 0 aromatic rings. The summed E-state index contributed by atoms with van der Waals surface area (Å²) >= 11 is 0. The summed E-state index contributed by atoms with van der Waals surface area (Å²) in [5.74, 6) is -5.20. The molecule has 0 bridgehead atoms. The van der Waals surface area contributed by atoms with Crippen LogP contribution in [0.2, 0.25) is 0 Å². The molecule has 0 aromatic heterocycles. The Balaban J connectivity index is 4.84. The summed E-state index contributed by atoms with van der Waals surface area (Å²) in [5, 5.41) is 38.6. The van der Waals surface area contributed by atoms with Crippen LogP contribution in [-0.4, -0.2) is 56.1 Å². The zero-order chi connectivity index (χ0) is 21.6. The highest BCUT2D eigenvalue weighted by atomic mass is 16.5. The molecule has 164 valence electrons. The minimum absolute atomic E-state index is 0.167. The van der Waals surface area contributed by atoms with E-state index in [1.807, 2.05) is 0 Å². The van der Waals surface area contributed by atoms with E-state index in [9.17, 15) is 29.7 Å². The molecular weight excluding hydrogens is 368 g/mol. The summed E-state index contributed by atoms with van der Waals surface area (Å²) in [5.41, 5.74) is -5.56. The van der Waals surface area contributed by atoms with Crippen LogP contribution >= 0.6 is 0 Å². The van der Waals surface area contributed by atoms with Crippen LogP contribution in [0.1, 0.15) is 90.9 Å². The van der Waals surface area contributed by atoms with Crippen molar-refractivity contribution >= 4 is 17.9 Å². The van der Waals surface area contributed by atoms with Gasteiger partial charge in [0.05, 0.1) is 6.42 Å². The van der Waals surface area contributed by atoms with Gasteiger partial charge in [-0.05, 0) is 19.8 Å². The van der Waals surface area contributed by atoms with Crippen molar-refractivity contribution in [3.63, 3.8) is 0 Å². The van der Waals surface area contributed by atoms with Crippen LogP contribution in [0, 0.1) is 0 Å². The van der Waals surface area contributed by atoms with Crippen LogP contribution in [0.5, 0.6) is 0 Å². The van der Waals surface area contributed by atoms with Gasteiger partial charge in [-0.2, -0.15) is 0 Å². The maximum Gasteiger partial charge on any atom is 0.340 e. The first-order chi connectivity index (χ1) is 13.2. The third-order valence-corrected chi connectivity index (χ3v) is 5.05. The smallest absolute Gasteiger partial charge is 0.340 e. The summed E-state index contributed by atoms with van der Waals surface area (Å²) in [6, 6.07) is 0. The highest BCUT2D eigenvalue weighted by Crippen LogP contribution is 2.36. The molecule has 8 heteroatoms. The van der Waals surface area contributed by atoms with Crippen molar-refractivity contribution in [2.75, 3.05) is 6.61 Å². The summed E-state index contributed by atoms with van der Waals surface area (Å²) in [7, 11) is 0. The SMILES string of the molecule is CCCCCCCCCCCCC(OCC)(C(=O)O)C(O)(CC(=O)O)C(=O)O. The second kappa shape index (κ2) is 13.5. The second-order valence-corrected chi connectivity index (χ2v) is 7.23. The van der Waals surface area contributed by atoms with Gasteiger partial charge in [-0.1, -0.05) is 64.7 Å². The Kier molecular flexibility index (Phi) is 12.7. The fourth-order valence-corrected chi connectivity index (χ4v) is 3.46. The fourth-order valence-electron chi connectivity index (χ4n) is 3.46. The van der Waals surface area contributed by atoms with Crippen LogP contribution in [0.3, 0.4) is 0 Å². The first-order valence-electron chi connectivity index (χ1n) is 10.2. The Morgan fingerprint density at radius 1 is 0.750 bits per heavy atom. The van der Waals surface area contributed by atoms with E-state index in [1.54, 1.807) is 0 Å². The predicted molar refractivity (Wildman–Crippen MR) is 103 cm³/mol. The van der Waals surface area contributed by atoms with E-state index in [2.05, 4.69) is 6.92 Å². The third kappa shape index (κ3) is 7.75. The van der Waals surface area contributed by atoms with Crippen LogP contribution in [-0.2, 0) is 19.1 Å². The summed E-state index contributed by atoms with van der Waals surface area (Å²) in [6.45, 7) is 3.47. The molecule has 0 fully saturated rings. The van der Waals surface area contributed by atoms with Crippen molar-refractivity contribution in [3.8, 4) is 0 Å². The molecule has 8 nitrogen and oxygen atoms in total. The Hall–Kier alpha value is -1.67. The first-order valence-corrected chi connectivity index (χ1v) is 10.2. The van der Waals surface area contributed by atoms with Crippen molar-refractivity contribution in [2.45, 2.75) is 102 Å². The van der Waals surface area contributed by atoms with Crippen molar-refractivity contribution in [3.05, 3.63) is 0 Å². The number of hydrogen-bond acceptors (Lipinski definition) is 5. The van der Waals surface area contributed by atoms with Gasteiger partial charge in [-0.15, -0.1) is 0 Å². The quantitative estimate of drug-likeness (QED) is 0.255. The average molecular weight is 405 g/mol. The number of unbranched alkanes of at least 4 members (excludes halogenated alkanes) is 9. The fraction of sp³-hybridized carbons (Fsp3) is 0.850. The molecular formula is C20H36O8. The van der Waals surface area contributed by atoms with E-state index < -0.39 is 35.5 Å². The number of ether oxygens (including phenoxy) is 1. The predicted octanol–water partition coefficient (Wildman–Crippen LogP) is 3.45. The number of aliphatic carboxylic acids is 3. The van der Waals surface area contributed by atoms with Gasteiger partial charge in [0.15, 0.2) is 0 Å². The number of carboxylic acids is 3. The summed E-state index contributed by atoms with van der Waals surface area (Å²) < 4.78 is 5.21. The molecule has 0 amide bonds. The van der Waals surface area contributed by atoms with E-state index in [1.165, 1.54) is 32.6 Å². The molecule has 0 heterocycles. The van der Waals surface area contributed by atoms with Gasteiger partial charge in [-0.3, -0.25) is 4.79 Å². The van der Waals surface area contributed by atoms with Crippen molar-refractivity contribution in [2.24, 2.45) is 0 Å². The number of rotatable bonds is 18. The van der Waals surface area contributed by atoms with Gasteiger partial charge in [0.2, 0.25) is 11.2 Å². The topological polar surface area (TPSA) is 141 Å². The minimum atomic E-state index is -3.06. The van der Waals surface area contributed by atoms with Crippen LogP contribution in [0.15, 0.2) is 0 Å². The van der Waals surface area contributed by atoms with Crippen LogP contribution in [0.4, 0.5) is 0 Å². The first kappa shape index (κ1) is 26.3. The molecule has 0 aliphatic heterocycles. The number of hydrogen-bond donors (Lipinski definition) is 4. The minimum Gasteiger partial charge on any atom is -0.481 e. The maximum atomic E-state index is 11.9. The molecule has 4 N–H and O–H groups in total. The third-order valence-electron chi connectivity index (χ3n) is 5.05. The van der Waals surface area contributed by atoms with E-state index in [0.717, 1.165) is 25.7 Å². The molecule has 0 saturated carbocycles. The number of carbonyl (C=O) groups is 3. The number of aliphatic hydroxyl groups is 1. The molecule has 2 unspecified atom stereocenters.